The molecule has 0 saturated carbocycles. The van der Waals surface area contributed by atoms with E-state index in [1.54, 1.807) is 22.3 Å². The first-order valence-corrected chi connectivity index (χ1v) is 7.49. The molecule has 1 aliphatic heterocycles. The highest BCUT2D eigenvalue weighted by molar-refractivity contribution is 7.98. The van der Waals surface area contributed by atoms with Gasteiger partial charge >= 0.3 is 0 Å². The molecule has 2 rings (SSSR count). The summed E-state index contributed by atoms with van der Waals surface area (Å²) in [6, 6.07) is 4.74. The van der Waals surface area contributed by atoms with Crippen molar-refractivity contribution in [3.8, 4) is 0 Å². The number of thioether (sulfide) groups is 1. The Bertz CT molecular complexity index is 377. The van der Waals surface area contributed by atoms with Crippen molar-refractivity contribution in [1.82, 2.24) is 0 Å². The number of rotatable bonds is 2. The van der Waals surface area contributed by atoms with Gasteiger partial charge in [-0.25, -0.2) is 0 Å². The molecule has 16 heavy (non-hydrogen) atoms. The standard InChI is InChI=1S/C15H22S/c1-10(2)13-6-5-12-7-8-16-9-14(12)15(13)11(3)4/h5-6,10-11H,7-9H2,1-4H3. The van der Waals surface area contributed by atoms with Crippen LogP contribution in [0.15, 0.2) is 12.1 Å². The van der Waals surface area contributed by atoms with Crippen molar-refractivity contribution in [2.24, 2.45) is 0 Å². The summed E-state index contributed by atoms with van der Waals surface area (Å²) in [6.45, 7) is 9.29. The van der Waals surface area contributed by atoms with Gasteiger partial charge in [0, 0.05) is 5.75 Å². The molecule has 1 heteroatoms. The van der Waals surface area contributed by atoms with Crippen LogP contribution < -0.4 is 0 Å². The molecule has 0 bridgehead atoms. The maximum atomic E-state index is 2.37. The minimum absolute atomic E-state index is 0.648. The molecule has 0 amide bonds. The Hall–Kier alpha value is -0.430. The molecule has 0 aliphatic carbocycles. The fourth-order valence-corrected chi connectivity index (χ4v) is 3.73. The highest BCUT2D eigenvalue weighted by Gasteiger charge is 2.19. The second-order valence-corrected chi connectivity index (χ2v) is 6.42. The van der Waals surface area contributed by atoms with Crippen molar-refractivity contribution in [2.75, 3.05) is 5.75 Å². The summed E-state index contributed by atoms with van der Waals surface area (Å²) in [5.41, 5.74) is 6.46. The SMILES string of the molecule is CC(C)c1ccc2c(c1C(C)C)CSCC2. The molecular weight excluding hydrogens is 212 g/mol. The summed E-state index contributed by atoms with van der Waals surface area (Å²) in [6.07, 6.45) is 1.26. The predicted molar refractivity (Wildman–Crippen MR) is 74.5 cm³/mol. The van der Waals surface area contributed by atoms with Crippen molar-refractivity contribution < 1.29 is 0 Å². The van der Waals surface area contributed by atoms with Crippen LogP contribution in [0.2, 0.25) is 0 Å². The zero-order chi connectivity index (χ0) is 11.7. The van der Waals surface area contributed by atoms with E-state index < -0.39 is 0 Å². The van der Waals surface area contributed by atoms with Gasteiger partial charge in [0.15, 0.2) is 0 Å². The van der Waals surface area contributed by atoms with Gasteiger partial charge in [-0.1, -0.05) is 39.8 Å². The highest BCUT2D eigenvalue weighted by Crippen LogP contribution is 2.36. The zero-order valence-electron chi connectivity index (χ0n) is 10.8. The fraction of sp³-hybridized carbons (Fsp3) is 0.600. The number of fused-ring (bicyclic) bond motifs is 1. The van der Waals surface area contributed by atoms with Crippen molar-refractivity contribution in [3.05, 3.63) is 34.4 Å². The van der Waals surface area contributed by atoms with E-state index in [1.807, 2.05) is 0 Å². The van der Waals surface area contributed by atoms with Crippen LogP contribution in [0.4, 0.5) is 0 Å². The maximum Gasteiger partial charge on any atom is 0.0190 e. The maximum absolute atomic E-state index is 2.37. The van der Waals surface area contributed by atoms with Crippen molar-refractivity contribution in [1.29, 1.82) is 0 Å². The van der Waals surface area contributed by atoms with Crippen LogP contribution in [0.25, 0.3) is 0 Å². The van der Waals surface area contributed by atoms with Crippen LogP contribution in [0.5, 0.6) is 0 Å². The lowest BCUT2D eigenvalue weighted by Crippen LogP contribution is -2.10. The Kier molecular flexibility index (Phi) is 3.63. The first kappa shape index (κ1) is 12.0. The van der Waals surface area contributed by atoms with E-state index in [0.717, 1.165) is 0 Å². The first-order chi connectivity index (χ1) is 7.61. The van der Waals surface area contributed by atoms with Crippen LogP contribution in [-0.4, -0.2) is 5.75 Å². The Morgan fingerprint density at radius 2 is 1.81 bits per heavy atom. The van der Waals surface area contributed by atoms with E-state index in [2.05, 4.69) is 51.6 Å². The first-order valence-electron chi connectivity index (χ1n) is 6.33. The average molecular weight is 234 g/mol. The minimum atomic E-state index is 0.648. The molecule has 1 aromatic rings. The summed E-state index contributed by atoms with van der Waals surface area (Å²) in [4.78, 5) is 0. The smallest absolute Gasteiger partial charge is 0.0190 e. The third kappa shape index (κ3) is 2.15. The van der Waals surface area contributed by atoms with Crippen LogP contribution in [0.1, 0.15) is 61.8 Å². The van der Waals surface area contributed by atoms with Crippen molar-refractivity contribution in [3.63, 3.8) is 0 Å². The second kappa shape index (κ2) is 4.83. The van der Waals surface area contributed by atoms with E-state index in [4.69, 9.17) is 0 Å². The average Bonchev–Trinajstić information content (AvgIpc) is 2.27. The molecule has 0 saturated heterocycles. The van der Waals surface area contributed by atoms with Gasteiger partial charge in [-0.15, -0.1) is 0 Å². The molecular formula is C15H22S. The number of aryl methyl sites for hydroxylation is 1. The molecule has 0 atom stereocenters. The quantitative estimate of drug-likeness (QED) is 0.713. The van der Waals surface area contributed by atoms with Crippen LogP contribution in [0.3, 0.4) is 0 Å². The largest absolute Gasteiger partial charge is 0.157 e. The molecule has 0 aromatic heterocycles. The summed E-state index contributed by atoms with van der Waals surface area (Å²) in [5.74, 6) is 3.83. The molecule has 1 heterocycles. The number of hydrogen-bond acceptors (Lipinski definition) is 1. The monoisotopic (exact) mass is 234 g/mol. The van der Waals surface area contributed by atoms with Gasteiger partial charge in [0.05, 0.1) is 0 Å². The number of benzene rings is 1. The van der Waals surface area contributed by atoms with Gasteiger partial charge in [0.1, 0.15) is 0 Å². The van der Waals surface area contributed by atoms with Gasteiger partial charge < -0.3 is 0 Å². The van der Waals surface area contributed by atoms with Crippen LogP contribution >= 0.6 is 11.8 Å². The van der Waals surface area contributed by atoms with E-state index in [9.17, 15) is 0 Å². The molecule has 0 unspecified atom stereocenters. The summed E-state index contributed by atoms with van der Waals surface area (Å²) in [7, 11) is 0. The topological polar surface area (TPSA) is 0 Å². The Morgan fingerprint density at radius 3 is 2.44 bits per heavy atom. The Labute approximate surface area is 104 Å². The molecule has 0 N–H and O–H groups in total. The van der Waals surface area contributed by atoms with Gasteiger partial charge in [-0.05, 0) is 46.3 Å². The molecule has 0 spiro atoms. The van der Waals surface area contributed by atoms with Crippen molar-refractivity contribution >= 4 is 11.8 Å². The predicted octanol–water partition coefficient (Wildman–Crippen LogP) is 4.72. The molecule has 0 nitrogen and oxygen atoms in total. The lowest BCUT2D eigenvalue weighted by atomic mass is 9.84. The van der Waals surface area contributed by atoms with Gasteiger partial charge in [0.25, 0.3) is 0 Å². The normalized spacial score (nSPS) is 15.6. The van der Waals surface area contributed by atoms with Crippen molar-refractivity contribution in [2.45, 2.75) is 51.7 Å². The molecule has 1 aromatic carbocycles. The van der Waals surface area contributed by atoms with Gasteiger partial charge in [-0.2, -0.15) is 11.8 Å². The van der Waals surface area contributed by atoms with Gasteiger partial charge in [-0.3, -0.25) is 0 Å². The minimum Gasteiger partial charge on any atom is -0.157 e. The lowest BCUT2D eigenvalue weighted by Gasteiger charge is -2.25. The lowest BCUT2D eigenvalue weighted by molar-refractivity contribution is 0.776. The molecule has 88 valence electrons. The van der Waals surface area contributed by atoms with Gasteiger partial charge in [0.2, 0.25) is 0 Å². The van der Waals surface area contributed by atoms with Crippen LogP contribution in [-0.2, 0) is 12.2 Å². The zero-order valence-corrected chi connectivity index (χ0v) is 11.7. The molecule has 0 fully saturated rings. The number of hydrogen-bond donors (Lipinski definition) is 0. The summed E-state index contributed by atoms with van der Waals surface area (Å²) >= 11 is 2.09. The Balaban J connectivity index is 2.57. The summed E-state index contributed by atoms with van der Waals surface area (Å²) in [5, 5.41) is 0. The third-order valence-electron chi connectivity index (χ3n) is 3.45. The highest BCUT2D eigenvalue weighted by atomic mass is 32.2. The fourth-order valence-electron chi connectivity index (χ4n) is 2.67. The van der Waals surface area contributed by atoms with E-state index in [0.29, 0.717) is 11.8 Å². The molecule has 1 aliphatic rings. The molecule has 0 radical (unpaired) electrons. The van der Waals surface area contributed by atoms with Crippen LogP contribution in [0, 0.1) is 0 Å². The third-order valence-corrected chi connectivity index (χ3v) is 4.43. The van der Waals surface area contributed by atoms with E-state index in [1.165, 1.54) is 17.9 Å². The summed E-state index contributed by atoms with van der Waals surface area (Å²) < 4.78 is 0. The Morgan fingerprint density at radius 1 is 1.06 bits per heavy atom. The van der Waals surface area contributed by atoms with E-state index in [-0.39, 0.29) is 0 Å². The van der Waals surface area contributed by atoms with E-state index >= 15 is 0 Å². The second-order valence-electron chi connectivity index (χ2n) is 5.32.